The lowest BCUT2D eigenvalue weighted by molar-refractivity contribution is 0.0696. The molecular formula is C14H19NO5S. The number of aromatic carboxylic acids is 1. The van der Waals surface area contributed by atoms with Gasteiger partial charge in [0.05, 0.1) is 10.5 Å². The Morgan fingerprint density at radius 3 is 2.86 bits per heavy atom. The largest absolute Gasteiger partial charge is 0.478 e. The summed E-state index contributed by atoms with van der Waals surface area (Å²) in [5.41, 5.74) is 0.253. The number of nitrogens with one attached hydrogen (secondary N) is 1. The standard InChI is InChI=1S/C14H19NO5S/c1-10-12(14(16)17)3-2-4-13(10)21(18,19)15-7-5-11-6-8-20-9-11/h2-4,11,15H,5-9H2,1H3,(H,16,17). The van der Waals surface area contributed by atoms with E-state index >= 15 is 0 Å². The van der Waals surface area contributed by atoms with Crippen molar-refractivity contribution in [2.24, 2.45) is 5.92 Å². The Morgan fingerprint density at radius 2 is 2.24 bits per heavy atom. The molecule has 0 aliphatic carbocycles. The molecule has 2 N–H and O–H groups in total. The number of carboxylic acids is 1. The van der Waals surface area contributed by atoms with Crippen molar-refractivity contribution in [3.63, 3.8) is 0 Å². The molecule has 7 heteroatoms. The molecule has 116 valence electrons. The fourth-order valence-electron chi connectivity index (χ4n) is 2.42. The van der Waals surface area contributed by atoms with Gasteiger partial charge in [-0.05, 0) is 43.4 Å². The summed E-state index contributed by atoms with van der Waals surface area (Å²) in [5, 5.41) is 9.05. The van der Waals surface area contributed by atoms with E-state index in [1.807, 2.05) is 0 Å². The molecule has 21 heavy (non-hydrogen) atoms. The molecule has 0 saturated carbocycles. The Hall–Kier alpha value is -1.44. The Kier molecular flexibility index (Phi) is 4.97. The number of rotatable bonds is 6. The maximum absolute atomic E-state index is 12.3. The first-order chi connectivity index (χ1) is 9.92. The fraction of sp³-hybridized carbons (Fsp3) is 0.500. The summed E-state index contributed by atoms with van der Waals surface area (Å²) in [4.78, 5) is 11.1. The van der Waals surface area contributed by atoms with Crippen molar-refractivity contribution in [1.29, 1.82) is 0 Å². The first-order valence-corrected chi connectivity index (χ1v) is 8.30. The summed E-state index contributed by atoms with van der Waals surface area (Å²) in [7, 11) is -3.69. The molecule has 6 nitrogen and oxygen atoms in total. The summed E-state index contributed by atoms with van der Waals surface area (Å²) in [5.74, 6) is -0.744. The second kappa shape index (κ2) is 6.55. The molecule has 2 rings (SSSR count). The summed E-state index contributed by atoms with van der Waals surface area (Å²) in [6, 6.07) is 4.26. The SMILES string of the molecule is Cc1c(C(=O)O)cccc1S(=O)(=O)NCCC1CCOC1. The van der Waals surface area contributed by atoms with Gasteiger partial charge in [0.15, 0.2) is 0 Å². The molecule has 1 atom stereocenters. The highest BCUT2D eigenvalue weighted by molar-refractivity contribution is 7.89. The van der Waals surface area contributed by atoms with E-state index in [0.29, 0.717) is 19.1 Å². The van der Waals surface area contributed by atoms with Crippen LogP contribution in [0.3, 0.4) is 0 Å². The average molecular weight is 313 g/mol. The van der Waals surface area contributed by atoms with Crippen molar-refractivity contribution in [3.05, 3.63) is 29.3 Å². The predicted octanol–water partition coefficient (Wildman–Crippen LogP) is 1.40. The molecule has 1 aromatic carbocycles. The minimum Gasteiger partial charge on any atom is -0.478 e. The van der Waals surface area contributed by atoms with Crippen LogP contribution >= 0.6 is 0 Å². The molecule has 0 bridgehead atoms. The van der Waals surface area contributed by atoms with E-state index in [4.69, 9.17) is 9.84 Å². The van der Waals surface area contributed by atoms with E-state index in [-0.39, 0.29) is 16.0 Å². The molecule has 1 fully saturated rings. The van der Waals surface area contributed by atoms with Gasteiger partial charge in [0, 0.05) is 19.8 Å². The van der Waals surface area contributed by atoms with Gasteiger partial charge in [-0.2, -0.15) is 0 Å². The second-order valence-electron chi connectivity index (χ2n) is 5.15. The number of benzene rings is 1. The average Bonchev–Trinajstić information content (AvgIpc) is 2.91. The second-order valence-corrected chi connectivity index (χ2v) is 6.89. The minimum absolute atomic E-state index is 0.00191. The van der Waals surface area contributed by atoms with E-state index in [0.717, 1.165) is 19.4 Å². The topological polar surface area (TPSA) is 92.7 Å². The number of ether oxygens (including phenoxy) is 1. The van der Waals surface area contributed by atoms with Crippen LogP contribution in [0.25, 0.3) is 0 Å². The van der Waals surface area contributed by atoms with Crippen LogP contribution in [-0.2, 0) is 14.8 Å². The van der Waals surface area contributed by atoms with Crippen LogP contribution < -0.4 is 4.72 Å². The summed E-state index contributed by atoms with van der Waals surface area (Å²) in [6.07, 6.45) is 1.67. The molecule has 0 aromatic heterocycles. The minimum atomic E-state index is -3.69. The first-order valence-electron chi connectivity index (χ1n) is 6.82. The summed E-state index contributed by atoms with van der Waals surface area (Å²) in [6.45, 7) is 3.24. The van der Waals surface area contributed by atoms with Gasteiger partial charge in [-0.3, -0.25) is 0 Å². The molecule has 0 spiro atoms. The van der Waals surface area contributed by atoms with E-state index in [1.54, 1.807) is 0 Å². The fourth-order valence-corrected chi connectivity index (χ4v) is 3.74. The zero-order chi connectivity index (χ0) is 15.5. The smallest absolute Gasteiger partial charge is 0.335 e. The first kappa shape index (κ1) is 15.9. The third-order valence-electron chi connectivity index (χ3n) is 3.67. The monoisotopic (exact) mass is 313 g/mol. The quantitative estimate of drug-likeness (QED) is 0.828. The molecular weight excluding hydrogens is 294 g/mol. The van der Waals surface area contributed by atoms with Crippen LogP contribution in [0.15, 0.2) is 23.1 Å². The van der Waals surface area contributed by atoms with Gasteiger partial charge < -0.3 is 9.84 Å². The number of carboxylic acid groups (broad SMARTS) is 1. The molecule has 1 aliphatic rings. The lowest BCUT2D eigenvalue weighted by Gasteiger charge is -2.12. The zero-order valence-corrected chi connectivity index (χ0v) is 12.6. The third kappa shape index (κ3) is 3.81. The van der Waals surface area contributed by atoms with Crippen LogP contribution in [0.5, 0.6) is 0 Å². The number of sulfonamides is 1. The zero-order valence-electron chi connectivity index (χ0n) is 11.8. The maximum Gasteiger partial charge on any atom is 0.335 e. The highest BCUT2D eigenvalue weighted by Crippen LogP contribution is 2.20. The van der Waals surface area contributed by atoms with Crippen LogP contribution in [0.2, 0.25) is 0 Å². The van der Waals surface area contributed by atoms with Gasteiger partial charge in [0.1, 0.15) is 0 Å². The Labute approximate surface area is 124 Å². The van der Waals surface area contributed by atoms with Crippen LogP contribution in [0.4, 0.5) is 0 Å². The van der Waals surface area contributed by atoms with E-state index in [9.17, 15) is 13.2 Å². The maximum atomic E-state index is 12.3. The molecule has 1 aliphatic heterocycles. The molecule has 1 saturated heterocycles. The normalized spacial score (nSPS) is 18.8. The van der Waals surface area contributed by atoms with Gasteiger partial charge >= 0.3 is 5.97 Å². The van der Waals surface area contributed by atoms with Crippen molar-refractivity contribution < 1.29 is 23.1 Å². The third-order valence-corrected chi connectivity index (χ3v) is 5.28. The highest BCUT2D eigenvalue weighted by Gasteiger charge is 2.21. The Morgan fingerprint density at radius 1 is 1.48 bits per heavy atom. The van der Waals surface area contributed by atoms with E-state index in [1.165, 1.54) is 25.1 Å². The summed E-state index contributed by atoms with van der Waals surface area (Å²) >= 11 is 0. The van der Waals surface area contributed by atoms with Crippen molar-refractivity contribution in [2.75, 3.05) is 19.8 Å². The van der Waals surface area contributed by atoms with Crippen molar-refractivity contribution in [2.45, 2.75) is 24.7 Å². The summed E-state index contributed by atoms with van der Waals surface area (Å²) < 4.78 is 32.3. The Balaban J connectivity index is 2.08. The number of carbonyl (C=O) groups is 1. The number of hydrogen-bond donors (Lipinski definition) is 2. The predicted molar refractivity (Wildman–Crippen MR) is 76.9 cm³/mol. The molecule has 0 amide bonds. The van der Waals surface area contributed by atoms with Gasteiger partial charge in [0.2, 0.25) is 10.0 Å². The Bertz CT molecular complexity index is 620. The van der Waals surface area contributed by atoms with Crippen LogP contribution in [-0.4, -0.2) is 39.3 Å². The van der Waals surface area contributed by atoms with Gasteiger partial charge in [-0.15, -0.1) is 0 Å². The molecule has 1 aromatic rings. The molecule has 1 heterocycles. The van der Waals surface area contributed by atoms with Crippen LogP contribution in [0.1, 0.15) is 28.8 Å². The highest BCUT2D eigenvalue weighted by atomic mass is 32.2. The van der Waals surface area contributed by atoms with Crippen molar-refractivity contribution in [1.82, 2.24) is 4.72 Å². The van der Waals surface area contributed by atoms with E-state index in [2.05, 4.69) is 4.72 Å². The van der Waals surface area contributed by atoms with Crippen molar-refractivity contribution >= 4 is 16.0 Å². The van der Waals surface area contributed by atoms with Crippen LogP contribution in [0, 0.1) is 12.8 Å². The molecule has 1 unspecified atom stereocenters. The lowest BCUT2D eigenvalue weighted by Crippen LogP contribution is -2.27. The van der Waals surface area contributed by atoms with Crippen molar-refractivity contribution in [3.8, 4) is 0 Å². The number of hydrogen-bond acceptors (Lipinski definition) is 4. The van der Waals surface area contributed by atoms with E-state index < -0.39 is 16.0 Å². The van der Waals surface area contributed by atoms with Gasteiger partial charge in [0.25, 0.3) is 0 Å². The molecule has 0 radical (unpaired) electrons. The lowest BCUT2D eigenvalue weighted by atomic mass is 10.1. The van der Waals surface area contributed by atoms with Gasteiger partial charge in [-0.1, -0.05) is 6.07 Å². The van der Waals surface area contributed by atoms with Gasteiger partial charge in [-0.25, -0.2) is 17.9 Å².